The maximum Gasteiger partial charge on any atom is 0.326 e. The second-order valence-corrected chi connectivity index (χ2v) is 26.7. The number of guanidine groups is 3. The topological polar surface area (TPSA) is 571 Å². The van der Waals surface area contributed by atoms with Gasteiger partial charge >= 0.3 is 5.97 Å². The van der Waals surface area contributed by atoms with Gasteiger partial charge in [-0.2, -0.15) is 0 Å². The number of fused-ring (bicyclic) bond motifs is 4. The second-order valence-electron chi connectivity index (χ2n) is 26.7. The molecule has 0 aliphatic carbocycles. The van der Waals surface area contributed by atoms with Crippen molar-refractivity contribution in [1.82, 2.24) is 78.4 Å². The Balaban J connectivity index is 1.15. The van der Waals surface area contributed by atoms with Gasteiger partial charge in [-0.25, -0.2) is 4.79 Å². The maximum absolute atomic E-state index is 15.8. The fraction of sp³-hybridized carbons (Fsp3) is 0.405. The van der Waals surface area contributed by atoms with E-state index in [1.54, 1.807) is 43.8 Å². The number of aromatic amines is 4. The van der Waals surface area contributed by atoms with Gasteiger partial charge < -0.3 is 112 Å². The van der Waals surface area contributed by atoms with Crippen molar-refractivity contribution in [3.05, 3.63) is 144 Å². The number of aromatic nitrogens is 4. The molecule has 8 aromatic rings. The monoisotopic (exact) mass is 1470 g/mol. The number of benzene rings is 4. The first-order valence-electron chi connectivity index (χ1n) is 36.0. The van der Waals surface area contributed by atoms with Crippen LogP contribution < -0.4 is 87.2 Å². The van der Waals surface area contributed by atoms with Crippen molar-refractivity contribution in [2.24, 2.45) is 34.6 Å². The van der Waals surface area contributed by atoms with Crippen LogP contribution in [0.15, 0.2) is 122 Å². The lowest BCUT2D eigenvalue weighted by Crippen LogP contribution is -2.61. The van der Waals surface area contributed by atoms with E-state index in [9.17, 15) is 29.1 Å². The lowest BCUT2D eigenvalue weighted by molar-refractivity contribution is -0.142. The molecule has 0 saturated heterocycles. The van der Waals surface area contributed by atoms with E-state index < -0.39 is 114 Å². The Kier molecular flexibility index (Phi) is 30.0. The molecule has 0 bridgehead atoms. The molecule has 4 aromatic carbocycles. The third-order valence-electron chi connectivity index (χ3n) is 18.9. The zero-order valence-electron chi connectivity index (χ0n) is 60.1. The van der Waals surface area contributed by atoms with Crippen LogP contribution in [0.4, 0.5) is 0 Å². The average Bonchev–Trinajstić information content (AvgIpc) is 1.76. The molecule has 29 N–H and O–H groups in total. The molecule has 0 unspecified atom stereocenters. The summed E-state index contributed by atoms with van der Waals surface area (Å²) >= 11 is 0. The summed E-state index contributed by atoms with van der Waals surface area (Å²) in [4.78, 5) is 146. The van der Waals surface area contributed by atoms with Crippen LogP contribution in [-0.2, 0) is 68.8 Å². The highest BCUT2D eigenvalue weighted by Gasteiger charge is 2.38. The van der Waals surface area contributed by atoms with E-state index in [2.05, 4.69) is 78.4 Å². The minimum absolute atomic E-state index is 0.0464. The Hall–Kier alpha value is -12.0. The SMILES string of the molecule is CC[C@H](C)[C@H](NC(=O)[C@@H](N)CCCCN)C(=O)N[C@@H](Cc1c[nH]c2ccccc12)C(=O)N[C@@H](Cc1c[nH]c2ccccc12)C(=O)N[C@@H](Cc1c[nH]c2ccccc12)C(=O)N[C@@H](Cc1c[nH]c2ccccc12)C(=O)N[C@@H](CCCNC(=N)N)C(=O)N[C@@H](CCCNC(=N)N)C(=O)N[C@@H](CCCNC(=N)N)C(=O)O. The fourth-order valence-electron chi connectivity index (χ4n) is 12.8. The first-order valence-corrected chi connectivity index (χ1v) is 36.0. The van der Waals surface area contributed by atoms with Crippen LogP contribution in [0.1, 0.15) is 100 Å². The Labute approximate surface area is 618 Å². The molecular weight excluding hydrogens is 1370 g/mol. The number of unbranched alkanes of at least 4 members (excludes halogenated alkanes) is 1. The van der Waals surface area contributed by atoms with Crippen molar-refractivity contribution in [3.8, 4) is 0 Å². The summed E-state index contributed by atoms with van der Waals surface area (Å²) in [6, 6.07) is 16.8. The Morgan fingerprint density at radius 1 is 0.393 bits per heavy atom. The van der Waals surface area contributed by atoms with Crippen LogP contribution in [-0.4, -0.2) is 177 Å². The van der Waals surface area contributed by atoms with Crippen LogP contribution in [0.25, 0.3) is 43.6 Å². The van der Waals surface area contributed by atoms with Crippen molar-refractivity contribution < 1.29 is 48.3 Å². The molecule has 8 amide bonds. The number of carbonyl (C=O) groups is 9. The fourth-order valence-corrected chi connectivity index (χ4v) is 12.8. The summed E-state index contributed by atoms with van der Waals surface area (Å²) in [6.45, 7) is 4.30. The molecule has 0 fully saturated rings. The minimum Gasteiger partial charge on any atom is -0.480 e. The number of hydrogen-bond donors (Lipinski definition) is 24. The molecule has 107 heavy (non-hydrogen) atoms. The van der Waals surface area contributed by atoms with Crippen molar-refractivity contribution in [3.63, 3.8) is 0 Å². The van der Waals surface area contributed by atoms with E-state index in [0.717, 1.165) is 21.8 Å². The predicted molar refractivity (Wildman–Crippen MR) is 409 cm³/mol. The summed E-state index contributed by atoms with van der Waals surface area (Å²) in [6.07, 6.45) is 8.13. The largest absolute Gasteiger partial charge is 0.480 e. The van der Waals surface area contributed by atoms with E-state index >= 15 is 19.2 Å². The third-order valence-corrected chi connectivity index (χ3v) is 18.9. The number of carbonyl (C=O) groups excluding carboxylic acids is 8. The number of para-hydroxylation sites is 4. The quantitative estimate of drug-likeness (QED) is 0.0145. The number of H-pyrrole nitrogens is 4. The molecule has 0 aliphatic rings. The van der Waals surface area contributed by atoms with E-state index in [4.69, 9.17) is 44.9 Å². The average molecular weight is 1470 g/mol. The van der Waals surface area contributed by atoms with E-state index in [1.807, 2.05) is 91.9 Å². The van der Waals surface area contributed by atoms with Gasteiger partial charge in [-0.05, 0) is 110 Å². The van der Waals surface area contributed by atoms with Gasteiger partial charge in [0.1, 0.15) is 48.3 Å². The Morgan fingerprint density at radius 3 is 0.991 bits per heavy atom. The number of hydrogen-bond acceptors (Lipinski definition) is 14. The third kappa shape index (κ3) is 23.5. The van der Waals surface area contributed by atoms with Gasteiger partial charge in [-0.15, -0.1) is 0 Å². The van der Waals surface area contributed by atoms with E-state index in [1.165, 1.54) is 0 Å². The maximum atomic E-state index is 15.8. The highest BCUT2D eigenvalue weighted by molar-refractivity contribution is 6.00. The number of amides is 8. The number of nitrogens with two attached hydrogens (primary N) is 5. The standard InChI is InChI=1S/C74H101N23O10/c1-3-41(2)62(97-63(98)50(76)21-12-13-29-75)70(105)96-61(36-45-40-89-54-25-11-7-20-49(45)54)69(104)95-60(35-44-39-88-53-24-10-6-19-48(44)53)68(103)94-59(34-43-38-87-52-23-9-5-18-47(43)52)67(102)93-58(33-42-37-86-51-22-8-4-17-46(42)51)66(101)91-55(26-14-30-83-72(77)78)64(99)90-56(27-15-31-84-73(79)80)65(100)92-57(71(106)107)28-16-32-85-74(81)82/h4-11,17-20,22-25,37-41,50,55-62,86-89H,3,12-16,21,26-36,75-76H2,1-2H3,(H,90,99)(H,91,101)(H,92,100)(H,93,102)(H,94,103)(H,95,104)(H,96,105)(H,97,98)(H,106,107)(H4,77,78,83)(H4,79,80,84)(H4,81,82,85)/t41-,50-,55-,56-,57-,58-,59-,60-,61-,62-/m0/s1. The van der Waals surface area contributed by atoms with Gasteiger partial charge in [0.25, 0.3) is 0 Å². The molecule has 4 aromatic heterocycles. The molecule has 0 radical (unpaired) electrons. The Bertz CT molecular complexity index is 4410. The van der Waals surface area contributed by atoms with Crippen molar-refractivity contribution in [2.75, 3.05) is 26.2 Å². The zero-order chi connectivity index (χ0) is 77.1. The van der Waals surface area contributed by atoms with Crippen LogP contribution in [0.5, 0.6) is 0 Å². The smallest absolute Gasteiger partial charge is 0.326 e. The number of rotatable bonds is 43. The highest BCUT2D eigenvalue weighted by atomic mass is 16.4. The van der Waals surface area contributed by atoms with Gasteiger partial charge in [0.15, 0.2) is 17.9 Å². The van der Waals surface area contributed by atoms with Crippen LogP contribution in [0.2, 0.25) is 0 Å². The predicted octanol–water partition coefficient (Wildman–Crippen LogP) is 1.14. The number of aliphatic carboxylic acids is 1. The first kappa shape index (κ1) is 80.7. The van der Waals surface area contributed by atoms with Gasteiger partial charge in [-0.1, -0.05) is 99.5 Å². The molecule has 8 rings (SSSR count). The number of carboxylic acid groups (broad SMARTS) is 1. The van der Waals surface area contributed by atoms with Gasteiger partial charge in [0, 0.05) is 114 Å². The molecule has 0 spiro atoms. The molecule has 0 aliphatic heterocycles. The molecule has 33 heteroatoms. The van der Waals surface area contributed by atoms with Crippen molar-refractivity contribution in [2.45, 2.75) is 158 Å². The van der Waals surface area contributed by atoms with E-state index in [-0.39, 0.29) is 102 Å². The molecule has 4 heterocycles. The molecular formula is C74H101N23O10. The number of carboxylic acids is 1. The van der Waals surface area contributed by atoms with Crippen LogP contribution in [0.3, 0.4) is 0 Å². The summed E-state index contributed by atoms with van der Waals surface area (Å²) in [5, 5.41) is 66.4. The summed E-state index contributed by atoms with van der Waals surface area (Å²) in [7, 11) is 0. The normalized spacial score (nSPS) is 14.1. The zero-order valence-corrected chi connectivity index (χ0v) is 60.1. The number of nitrogens with one attached hydrogen (secondary N) is 18. The molecule has 572 valence electrons. The van der Waals surface area contributed by atoms with Crippen molar-refractivity contribution in [1.29, 1.82) is 16.2 Å². The summed E-state index contributed by atoms with van der Waals surface area (Å²) in [5.41, 5.74) is 33.9. The van der Waals surface area contributed by atoms with E-state index in [0.29, 0.717) is 76.3 Å². The van der Waals surface area contributed by atoms with Crippen molar-refractivity contribution >= 4 is 115 Å². The summed E-state index contributed by atoms with van der Waals surface area (Å²) in [5.74, 6) is -9.36. The second kappa shape index (κ2) is 39.8. The van der Waals surface area contributed by atoms with Gasteiger partial charge in [0.05, 0.1) is 6.04 Å². The van der Waals surface area contributed by atoms with Crippen LogP contribution in [0, 0.1) is 22.1 Å². The van der Waals surface area contributed by atoms with Crippen LogP contribution >= 0.6 is 0 Å². The van der Waals surface area contributed by atoms with Gasteiger partial charge in [0.2, 0.25) is 47.3 Å². The highest BCUT2D eigenvalue weighted by Crippen LogP contribution is 2.25. The molecule has 33 nitrogen and oxygen atoms in total. The minimum atomic E-state index is -1.55. The Morgan fingerprint density at radius 2 is 0.682 bits per heavy atom. The van der Waals surface area contributed by atoms with Gasteiger partial charge in [-0.3, -0.25) is 54.6 Å². The lowest BCUT2D eigenvalue weighted by atomic mass is 9.96. The lowest BCUT2D eigenvalue weighted by Gasteiger charge is -2.29. The summed E-state index contributed by atoms with van der Waals surface area (Å²) < 4.78 is 0. The molecule has 0 saturated carbocycles. The molecule has 10 atom stereocenters. The first-order chi connectivity index (χ1) is 51.4.